The molecule has 1 aromatic heterocycles. The van der Waals surface area contributed by atoms with Crippen LogP contribution in [0, 0.1) is 0 Å². The fourth-order valence-electron chi connectivity index (χ4n) is 3.04. The summed E-state index contributed by atoms with van der Waals surface area (Å²) in [5, 5.41) is 8.98. The molecule has 0 atom stereocenters. The number of aromatic nitrogens is 2. The third-order valence-corrected chi connectivity index (χ3v) is 4.94. The summed E-state index contributed by atoms with van der Waals surface area (Å²) >= 11 is 5.91. The number of carbonyl (C=O) groups excluding carboxylic acids is 2. The van der Waals surface area contributed by atoms with Gasteiger partial charge in [-0.05, 0) is 48.2 Å². The zero-order chi connectivity index (χ0) is 22.6. The molecular weight excluding hydrogens is 433 g/mol. The molecule has 0 saturated heterocycles. The van der Waals surface area contributed by atoms with Crippen molar-refractivity contribution >= 4 is 29.1 Å². The van der Waals surface area contributed by atoms with Gasteiger partial charge in [-0.25, -0.2) is 0 Å². The Labute approximate surface area is 180 Å². The number of anilines is 1. The summed E-state index contributed by atoms with van der Waals surface area (Å²) in [6.07, 6.45) is -2.03. The molecule has 0 spiro atoms. The van der Waals surface area contributed by atoms with Gasteiger partial charge in [0.15, 0.2) is 0 Å². The lowest BCUT2D eigenvalue weighted by Crippen LogP contribution is -2.15. The fourth-order valence-corrected chi connectivity index (χ4v) is 3.29. The summed E-state index contributed by atoms with van der Waals surface area (Å²) in [5.74, 6) is -1.000. The van der Waals surface area contributed by atoms with Crippen molar-refractivity contribution in [2.24, 2.45) is 5.73 Å². The summed E-state index contributed by atoms with van der Waals surface area (Å²) in [6.45, 7) is 0. The fraction of sp³-hybridized carbons (Fsp3) is 0.190. The number of carbonyl (C=O) groups is 2. The highest BCUT2D eigenvalue weighted by Crippen LogP contribution is 2.32. The maximum Gasteiger partial charge on any atom is 0.416 e. The third kappa shape index (κ3) is 5.85. The Morgan fingerprint density at radius 2 is 1.87 bits per heavy atom. The molecule has 4 N–H and O–H groups in total. The van der Waals surface area contributed by atoms with Crippen LogP contribution < -0.4 is 11.1 Å². The maximum atomic E-state index is 12.7. The van der Waals surface area contributed by atoms with Gasteiger partial charge in [-0.3, -0.25) is 14.7 Å². The molecule has 162 valence electrons. The second-order valence-corrected chi connectivity index (χ2v) is 7.27. The van der Waals surface area contributed by atoms with Crippen LogP contribution in [0.3, 0.4) is 0 Å². The Balaban J connectivity index is 1.62. The minimum Gasteiger partial charge on any atom is -0.364 e. The van der Waals surface area contributed by atoms with E-state index in [2.05, 4.69) is 15.5 Å². The number of H-pyrrole nitrogens is 1. The van der Waals surface area contributed by atoms with E-state index in [0.29, 0.717) is 29.7 Å². The third-order valence-electron chi connectivity index (χ3n) is 4.59. The van der Waals surface area contributed by atoms with Crippen LogP contribution >= 0.6 is 11.6 Å². The first-order valence-electron chi connectivity index (χ1n) is 9.20. The largest absolute Gasteiger partial charge is 0.416 e. The summed E-state index contributed by atoms with van der Waals surface area (Å²) in [6, 6.07) is 10.0. The normalized spacial score (nSPS) is 11.4. The number of aromatic amines is 1. The SMILES string of the molecule is NC(=O)c1[nH]ncc1CCc1cccc(NC(=O)Cc2ccc(C(F)(F)F)cc2Cl)c1. The molecule has 0 fully saturated rings. The van der Waals surface area contributed by atoms with Crippen LogP contribution in [-0.2, 0) is 30.2 Å². The summed E-state index contributed by atoms with van der Waals surface area (Å²) < 4.78 is 38.2. The molecule has 0 unspecified atom stereocenters. The number of hydrogen-bond acceptors (Lipinski definition) is 3. The second-order valence-electron chi connectivity index (χ2n) is 6.86. The van der Waals surface area contributed by atoms with E-state index in [-0.39, 0.29) is 17.1 Å². The van der Waals surface area contributed by atoms with Crippen LogP contribution in [0.2, 0.25) is 5.02 Å². The van der Waals surface area contributed by atoms with Crippen molar-refractivity contribution < 1.29 is 22.8 Å². The van der Waals surface area contributed by atoms with Gasteiger partial charge in [0.2, 0.25) is 5.91 Å². The first-order valence-corrected chi connectivity index (χ1v) is 9.57. The summed E-state index contributed by atoms with van der Waals surface area (Å²) in [4.78, 5) is 23.7. The Kier molecular flexibility index (Phi) is 6.65. The lowest BCUT2D eigenvalue weighted by atomic mass is 10.0. The van der Waals surface area contributed by atoms with Gasteiger partial charge in [-0.15, -0.1) is 0 Å². The van der Waals surface area contributed by atoms with E-state index in [1.54, 1.807) is 24.4 Å². The van der Waals surface area contributed by atoms with Crippen molar-refractivity contribution in [1.29, 1.82) is 0 Å². The average molecular weight is 451 g/mol. The summed E-state index contributed by atoms with van der Waals surface area (Å²) in [5.41, 5.74) is 7.11. The van der Waals surface area contributed by atoms with Crippen LogP contribution in [0.25, 0.3) is 0 Å². The standard InChI is InChI=1S/C21H18ClF3N4O2/c22-17-10-15(21(23,24)25)7-6-13(17)9-18(30)28-16-3-1-2-12(8-16)4-5-14-11-27-29-19(14)20(26)31/h1-3,6-8,10-11H,4-5,9H2,(H2,26,31)(H,27,29)(H,28,30). The van der Waals surface area contributed by atoms with Crippen molar-refractivity contribution in [1.82, 2.24) is 10.2 Å². The van der Waals surface area contributed by atoms with E-state index >= 15 is 0 Å². The molecule has 3 rings (SSSR count). The molecule has 2 aromatic carbocycles. The lowest BCUT2D eigenvalue weighted by molar-refractivity contribution is -0.137. The van der Waals surface area contributed by atoms with Crippen molar-refractivity contribution in [2.45, 2.75) is 25.4 Å². The number of primary amides is 1. The number of amides is 2. The van der Waals surface area contributed by atoms with E-state index in [4.69, 9.17) is 17.3 Å². The van der Waals surface area contributed by atoms with Crippen molar-refractivity contribution in [3.05, 3.63) is 81.6 Å². The van der Waals surface area contributed by atoms with Crippen molar-refractivity contribution in [3.63, 3.8) is 0 Å². The topological polar surface area (TPSA) is 101 Å². The van der Waals surface area contributed by atoms with Crippen LogP contribution in [-0.4, -0.2) is 22.0 Å². The predicted octanol–water partition coefficient (Wildman–Crippen LogP) is 4.15. The van der Waals surface area contributed by atoms with Crippen LogP contribution in [0.5, 0.6) is 0 Å². The molecule has 10 heteroatoms. The van der Waals surface area contributed by atoms with Gasteiger partial charge in [-0.1, -0.05) is 29.8 Å². The molecule has 0 radical (unpaired) electrons. The number of halogens is 4. The Morgan fingerprint density at radius 1 is 1.10 bits per heavy atom. The van der Waals surface area contributed by atoms with Crippen molar-refractivity contribution in [2.75, 3.05) is 5.32 Å². The Hall–Kier alpha value is -3.33. The zero-order valence-electron chi connectivity index (χ0n) is 16.1. The molecule has 3 aromatic rings. The van der Waals surface area contributed by atoms with Crippen LogP contribution in [0.1, 0.15) is 32.7 Å². The highest BCUT2D eigenvalue weighted by atomic mass is 35.5. The van der Waals surface area contributed by atoms with E-state index in [9.17, 15) is 22.8 Å². The molecule has 0 bridgehead atoms. The van der Waals surface area contributed by atoms with E-state index < -0.39 is 23.6 Å². The van der Waals surface area contributed by atoms with Crippen molar-refractivity contribution in [3.8, 4) is 0 Å². The number of aryl methyl sites for hydroxylation is 2. The highest BCUT2D eigenvalue weighted by molar-refractivity contribution is 6.31. The smallest absolute Gasteiger partial charge is 0.364 e. The van der Waals surface area contributed by atoms with Gasteiger partial charge in [0.05, 0.1) is 18.2 Å². The molecular formula is C21H18ClF3N4O2. The predicted molar refractivity (Wildman–Crippen MR) is 110 cm³/mol. The molecule has 0 aliphatic carbocycles. The van der Waals surface area contributed by atoms with Crippen LogP contribution in [0.4, 0.5) is 18.9 Å². The molecule has 2 amide bonds. The Bertz CT molecular complexity index is 1110. The molecule has 0 aliphatic heterocycles. The van der Waals surface area contributed by atoms with Gasteiger partial charge in [-0.2, -0.15) is 18.3 Å². The Morgan fingerprint density at radius 3 is 2.55 bits per heavy atom. The number of nitrogens with two attached hydrogens (primary N) is 1. The minimum atomic E-state index is -4.50. The van der Waals surface area contributed by atoms with Gasteiger partial charge >= 0.3 is 6.18 Å². The van der Waals surface area contributed by atoms with Gasteiger partial charge < -0.3 is 11.1 Å². The molecule has 6 nitrogen and oxygen atoms in total. The first kappa shape index (κ1) is 22.4. The monoisotopic (exact) mass is 450 g/mol. The van der Waals surface area contributed by atoms with E-state index in [1.165, 1.54) is 6.07 Å². The average Bonchev–Trinajstić information content (AvgIpc) is 3.16. The number of nitrogens with one attached hydrogen (secondary N) is 2. The lowest BCUT2D eigenvalue weighted by Gasteiger charge is -2.11. The van der Waals surface area contributed by atoms with E-state index in [1.807, 2.05) is 6.07 Å². The number of benzene rings is 2. The molecule has 1 heterocycles. The number of hydrogen-bond donors (Lipinski definition) is 3. The summed E-state index contributed by atoms with van der Waals surface area (Å²) in [7, 11) is 0. The first-order chi connectivity index (χ1) is 14.6. The minimum absolute atomic E-state index is 0.121. The van der Waals surface area contributed by atoms with Crippen LogP contribution in [0.15, 0.2) is 48.7 Å². The quantitative estimate of drug-likeness (QED) is 0.504. The number of rotatable bonds is 7. The van der Waals surface area contributed by atoms with Gasteiger partial charge in [0, 0.05) is 16.3 Å². The van der Waals surface area contributed by atoms with Gasteiger partial charge in [0.25, 0.3) is 5.91 Å². The van der Waals surface area contributed by atoms with Gasteiger partial charge in [0.1, 0.15) is 5.69 Å². The molecule has 31 heavy (non-hydrogen) atoms. The molecule has 0 aliphatic rings. The maximum absolute atomic E-state index is 12.7. The number of alkyl halides is 3. The highest BCUT2D eigenvalue weighted by Gasteiger charge is 2.31. The molecule has 0 saturated carbocycles. The zero-order valence-corrected chi connectivity index (χ0v) is 16.8. The number of nitrogens with zero attached hydrogens (tertiary/aromatic N) is 1. The van der Waals surface area contributed by atoms with E-state index in [0.717, 1.165) is 17.7 Å². The second kappa shape index (κ2) is 9.22.